The molecule has 0 fully saturated rings. The fraction of sp³-hybridized carbons (Fsp3) is 0.125. The first kappa shape index (κ1) is 14.1. The lowest BCUT2D eigenvalue weighted by atomic mass is 10.2. The van der Waals surface area contributed by atoms with Crippen molar-refractivity contribution in [2.75, 3.05) is 14.2 Å². The predicted molar refractivity (Wildman–Crippen MR) is 78.2 cm³/mol. The largest absolute Gasteiger partial charge is 0.497 e. The van der Waals surface area contributed by atoms with Gasteiger partial charge in [0, 0.05) is 11.6 Å². The fourth-order valence-electron chi connectivity index (χ4n) is 2.01. The molecule has 0 aliphatic heterocycles. The fourth-order valence-corrected chi connectivity index (χ4v) is 2.01. The lowest BCUT2D eigenvalue weighted by Gasteiger charge is -2.05. The molecule has 3 rings (SSSR count). The Kier molecular flexibility index (Phi) is 3.74. The van der Waals surface area contributed by atoms with Gasteiger partial charge in [0.05, 0.1) is 19.8 Å². The standard InChI is InChI=1S/C16H13FN2O3/c1-20-11-7-10(8-12(9-11)21-2)15-18-19-16(22-15)13-5-3-4-6-14(13)17/h3-9H,1-2H3. The number of ether oxygens (including phenoxy) is 2. The first-order chi connectivity index (χ1) is 10.7. The zero-order valence-electron chi connectivity index (χ0n) is 12.0. The van der Waals surface area contributed by atoms with E-state index in [1.54, 1.807) is 50.6 Å². The maximum Gasteiger partial charge on any atom is 0.251 e. The summed E-state index contributed by atoms with van der Waals surface area (Å²) in [7, 11) is 3.11. The number of benzene rings is 2. The first-order valence-corrected chi connectivity index (χ1v) is 6.53. The van der Waals surface area contributed by atoms with Gasteiger partial charge in [0.25, 0.3) is 5.89 Å². The zero-order chi connectivity index (χ0) is 15.5. The molecule has 0 aliphatic rings. The Morgan fingerprint density at radius 1 is 0.909 bits per heavy atom. The summed E-state index contributed by atoms with van der Waals surface area (Å²) in [5.74, 6) is 1.16. The zero-order valence-corrected chi connectivity index (χ0v) is 12.0. The lowest BCUT2D eigenvalue weighted by molar-refractivity contribution is 0.394. The Bertz CT molecular complexity index is 779. The molecule has 0 saturated carbocycles. The first-order valence-electron chi connectivity index (χ1n) is 6.53. The third-order valence-corrected chi connectivity index (χ3v) is 3.13. The number of aromatic nitrogens is 2. The van der Waals surface area contributed by atoms with Crippen molar-refractivity contribution in [1.29, 1.82) is 0 Å². The van der Waals surface area contributed by atoms with Crippen molar-refractivity contribution >= 4 is 0 Å². The molecule has 0 aliphatic carbocycles. The van der Waals surface area contributed by atoms with E-state index in [0.29, 0.717) is 17.1 Å². The van der Waals surface area contributed by atoms with Crippen LogP contribution in [0.2, 0.25) is 0 Å². The van der Waals surface area contributed by atoms with E-state index in [0.717, 1.165) is 0 Å². The summed E-state index contributed by atoms with van der Waals surface area (Å²) >= 11 is 0. The van der Waals surface area contributed by atoms with E-state index in [9.17, 15) is 4.39 Å². The van der Waals surface area contributed by atoms with E-state index in [1.165, 1.54) is 6.07 Å². The van der Waals surface area contributed by atoms with Gasteiger partial charge in [-0.1, -0.05) is 12.1 Å². The van der Waals surface area contributed by atoms with Crippen molar-refractivity contribution in [1.82, 2.24) is 10.2 Å². The highest BCUT2D eigenvalue weighted by molar-refractivity contribution is 5.61. The average Bonchev–Trinajstić information content (AvgIpc) is 3.04. The van der Waals surface area contributed by atoms with Crippen LogP contribution in [0.5, 0.6) is 11.5 Å². The monoisotopic (exact) mass is 300 g/mol. The van der Waals surface area contributed by atoms with Crippen LogP contribution in [0.4, 0.5) is 4.39 Å². The molecule has 112 valence electrons. The van der Waals surface area contributed by atoms with Gasteiger partial charge in [-0.3, -0.25) is 0 Å². The molecular weight excluding hydrogens is 287 g/mol. The highest BCUT2D eigenvalue weighted by atomic mass is 19.1. The van der Waals surface area contributed by atoms with Crippen molar-refractivity contribution in [2.45, 2.75) is 0 Å². The molecule has 6 heteroatoms. The summed E-state index contributed by atoms with van der Waals surface area (Å²) in [5, 5.41) is 7.86. The van der Waals surface area contributed by atoms with E-state index in [2.05, 4.69) is 10.2 Å². The Balaban J connectivity index is 2.02. The number of hydrogen-bond acceptors (Lipinski definition) is 5. The molecule has 1 aromatic heterocycles. The van der Waals surface area contributed by atoms with Gasteiger partial charge in [-0.2, -0.15) is 0 Å². The summed E-state index contributed by atoms with van der Waals surface area (Å²) < 4.78 is 29.7. The van der Waals surface area contributed by atoms with Crippen LogP contribution in [0.3, 0.4) is 0 Å². The summed E-state index contributed by atoms with van der Waals surface area (Å²) in [6, 6.07) is 11.4. The molecule has 0 N–H and O–H groups in total. The SMILES string of the molecule is COc1cc(OC)cc(-c2nnc(-c3ccccc3F)o2)c1. The summed E-state index contributed by atoms with van der Waals surface area (Å²) in [4.78, 5) is 0. The molecule has 0 saturated heterocycles. The van der Waals surface area contributed by atoms with Crippen molar-refractivity contribution < 1.29 is 18.3 Å². The highest BCUT2D eigenvalue weighted by Gasteiger charge is 2.15. The second-order valence-corrected chi connectivity index (χ2v) is 4.49. The van der Waals surface area contributed by atoms with Gasteiger partial charge < -0.3 is 13.9 Å². The van der Waals surface area contributed by atoms with Gasteiger partial charge in [-0.05, 0) is 24.3 Å². The molecule has 5 nitrogen and oxygen atoms in total. The molecule has 2 aromatic carbocycles. The number of rotatable bonds is 4. The lowest BCUT2D eigenvalue weighted by Crippen LogP contribution is -1.88. The molecule has 0 amide bonds. The molecule has 0 spiro atoms. The minimum absolute atomic E-state index is 0.120. The van der Waals surface area contributed by atoms with Crippen molar-refractivity contribution in [3.05, 3.63) is 48.3 Å². The molecule has 3 aromatic rings. The van der Waals surface area contributed by atoms with Gasteiger partial charge in [0.1, 0.15) is 17.3 Å². The minimum Gasteiger partial charge on any atom is -0.497 e. The van der Waals surface area contributed by atoms with E-state index in [4.69, 9.17) is 13.9 Å². The third-order valence-electron chi connectivity index (χ3n) is 3.13. The molecule has 0 radical (unpaired) electrons. The number of nitrogens with zero attached hydrogens (tertiary/aromatic N) is 2. The molecule has 0 unspecified atom stereocenters. The highest BCUT2D eigenvalue weighted by Crippen LogP contribution is 2.31. The summed E-state index contributed by atoms with van der Waals surface area (Å²) in [6.07, 6.45) is 0. The second-order valence-electron chi connectivity index (χ2n) is 4.49. The van der Waals surface area contributed by atoms with Gasteiger partial charge in [0.2, 0.25) is 5.89 Å². The van der Waals surface area contributed by atoms with Crippen molar-refractivity contribution in [2.24, 2.45) is 0 Å². The maximum absolute atomic E-state index is 13.8. The molecule has 0 atom stereocenters. The number of methoxy groups -OCH3 is 2. The second kappa shape index (κ2) is 5.85. The van der Waals surface area contributed by atoms with Crippen LogP contribution >= 0.6 is 0 Å². The maximum atomic E-state index is 13.8. The van der Waals surface area contributed by atoms with Crippen LogP contribution in [0.25, 0.3) is 22.9 Å². The Labute approximate surface area is 126 Å². The van der Waals surface area contributed by atoms with Gasteiger partial charge in [-0.25, -0.2) is 4.39 Å². The minimum atomic E-state index is -0.416. The van der Waals surface area contributed by atoms with Crippen molar-refractivity contribution in [3.63, 3.8) is 0 Å². The quantitative estimate of drug-likeness (QED) is 0.737. The smallest absolute Gasteiger partial charge is 0.251 e. The number of hydrogen-bond donors (Lipinski definition) is 0. The normalized spacial score (nSPS) is 10.5. The Hall–Kier alpha value is -2.89. The van der Waals surface area contributed by atoms with Crippen LogP contribution in [0.1, 0.15) is 0 Å². The molecule has 0 bridgehead atoms. The summed E-state index contributed by atoms with van der Waals surface area (Å²) in [5.41, 5.74) is 0.891. The molecular formula is C16H13FN2O3. The van der Waals surface area contributed by atoms with Crippen LogP contribution < -0.4 is 9.47 Å². The van der Waals surface area contributed by atoms with Gasteiger partial charge in [0.15, 0.2) is 0 Å². The van der Waals surface area contributed by atoms with E-state index >= 15 is 0 Å². The van der Waals surface area contributed by atoms with Crippen LogP contribution in [-0.4, -0.2) is 24.4 Å². The Morgan fingerprint density at radius 3 is 2.18 bits per heavy atom. The molecule has 22 heavy (non-hydrogen) atoms. The van der Waals surface area contributed by atoms with Crippen LogP contribution in [0.15, 0.2) is 46.9 Å². The van der Waals surface area contributed by atoms with Crippen LogP contribution in [0, 0.1) is 5.82 Å². The topological polar surface area (TPSA) is 57.4 Å². The third kappa shape index (κ3) is 2.63. The van der Waals surface area contributed by atoms with Gasteiger partial charge >= 0.3 is 0 Å². The average molecular weight is 300 g/mol. The van der Waals surface area contributed by atoms with E-state index in [-0.39, 0.29) is 17.3 Å². The van der Waals surface area contributed by atoms with Crippen LogP contribution in [-0.2, 0) is 0 Å². The summed E-state index contributed by atoms with van der Waals surface area (Å²) in [6.45, 7) is 0. The van der Waals surface area contributed by atoms with Crippen molar-refractivity contribution in [3.8, 4) is 34.4 Å². The molecule has 1 heterocycles. The number of halogens is 1. The Morgan fingerprint density at radius 2 is 1.55 bits per heavy atom. The van der Waals surface area contributed by atoms with E-state index < -0.39 is 5.82 Å². The van der Waals surface area contributed by atoms with Gasteiger partial charge in [-0.15, -0.1) is 10.2 Å². The predicted octanol–water partition coefficient (Wildman–Crippen LogP) is 3.56. The van der Waals surface area contributed by atoms with E-state index in [1.807, 2.05) is 0 Å².